The molecule has 1 rings (SSSR count). The molecule has 0 aromatic carbocycles. The van der Waals surface area contributed by atoms with E-state index in [1.807, 2.05) is 27.7 Å². The Bertz CT molecular complexity index is 737. The highest BCUT2D eigenvalue weighted by Gasteiger charge is 2.36. The number of rotatable bonds is 12. The number of aliphatic hydroxyl groups excluding tert-OH is 2. The Morgan fingerprint density at radius 3 is 2.23 bits per heavy atom. The van der Waals surface area contributed by atoms with Gasteiger partial charge in [-0.05, 0) is 52.0 Å². The molecular weight excluding hydrogens is 448 g/mol. The van der Waals surface area contributed by atoms with Gasteiger partial charge in [0.1, 0.15) is 6.04 Å². The topological polar surface area (TPSA) is 122 Å². The zero-order valence-corrected chi connectivity index (χ0v) is 22.9. The maximum absolute atomic E-state index is 13.6. The van der Waals surface area contributed by atoms with Gasteiger partial charge in [-0.25, -0.2) is 0 Å². The molecule has 9 nitrogen and oxygen atoms in total. The van der Waals surface area contributed by atoms with Crippen LogP contribution in [0.5, 0.6) is 0 Å². The van der Waals surface area contributed by atoms with Crippen molar-refractivity contribution in [1.29, 1.82) is 0 Å². The lowest BCUT2D eigenvalue weighted by Crippen LogP contribution is -2.58. The zero-order valence-electron chi connectivity index (χ0n) is 22.9. The van der Waals surface area contributed by atoms with E-state index in [2.05, 4.69) is 29.4 Å². The van der Waals surface area contributed by atoms with Gasteiger partial charge in [-0.1, -0.05) is 40.2 Å². The average molecular weight is 497 g/mol. The SMILES string of the molecule is CC(=C[C@H](C(C)C)N(C)C(=O)[C@@H](NC(=O)C1CCCCN1C(C)C)C(C)C)C(=O)NC[C@H](O)CO. The Morgan fingerprint density at radius 1 is 1.09 bits per heavy atom. The number of hydrogen-bond donors (Lipinski definition) is 4. The lowest BCUT2D eigenvalue weighted by atomic mass is 9.95. The van der Waals surface area contributed by atoms with Crippen LogP contribution in [0.1, 0.15) is 67.7 Å². The smallest absolute Gasteiger partial charge is 0.246 e. The van der Waals surface area contributed by atoms with Gasteiger partial charge in [-0.15, -0.1) is 0 Å². The number of nitrogens with zero attached hydrogens (tertiary/aromatic N) is 2. The Balaban J connectivity index is 3.02. The summed E-state index contributed by atoms with van der Waals surface area (Å²) in [6.07, 6.45) is 3.58. The maximum atomic E-state index is 13.6. The van der Waals surface area contributed by atoms with Gasteiger partial charge in [-0.2, -0.15) is 0 Å². The Kier molecular flexibility index (Phi) is 12.9. The molecule has 1 heterocycles. The molecule has 9 heteroatoms. The van der Waals surface area contributed by atoms with Gasteiger partial charge in [0.05, 0.1) is 24.8 Å². The first-order valence-electron chi connectivity index (χ1n) is 12.9. The van der Waals surface area contributed by atoms with Crippen LogP contribution in [0.25, 0.3) is 0 Å². The van der Waals surface area contributed by atoms with E-state index >= 15 is 0 Å². The molecule has 202 valence electrons. The number of carbonyl (C=O) groups is 3. The molecule has 1 unspecified atom stereocenters. The highest BCUT2D eigenvalue weighted by atomic mass is 16.3. The second-order valence-corrected chi connectivity index (χ2v) is 10.7. The standard InChI is InChI=1S/C26H48N4O5/c1-16(2)22(13-19(7)24(33)27-14-20(32)15-31)29(8)26(35)23(17(3)4)28-25(34)21-11-9-10-12-30(21)18(5)6/h13,16-18,20-23,31-32H,9-12,14-15H2,1-8H3,(H,27,33)(H,28,34)/t20-,21?,22+,23-/m0/s1. The summed E-state index contributed by atoms with van der Waals surface area (Å²) in [7, 11) is 1.70. The quantitative estimate of drug-likeness (QED) is 0.302. The summed E-state index contributed by atoms with van der Waals surface area (Å²) >= 11 is 0. The number of likely N-dealkylation sites (N-methyl/N-ethyl adjacent to an activating group) is 1. The van der Waals surface area contributed by atoms with E-state index in [0.717, 1.165) is 25.8 Å². The molecule has 0 aliphatic carbocycles. The highest BCUT2D eigenvalue weighted by molar-refractivity contribution is 5.93. The lowest BCUT2D eigenvalue weighted by molar-refractivity contribution is -0.140. The number of likely N-dealkylation sites (tertiary alicyclic amines) is 1. The number of aliphatic hydroxyl groups is 2. The van der Waals surface area contributed by atoms with Gasteiger partial charge in [-0.3, -0.25) is 19.3 Å². The van der Waals surface area contributed by atoms with Crippen LogP contribution in [0, 0.1) is 11.8 Å². The average Bonchev–Trinajstić information content (AvgIpc) is 2.82. The van der Waals surface area contributed by atoms with Crippen molar-refractivity contribution in [2.24, 2.45) is 11.8 Å². The third-order valence-electron chi connectivity index (χ3n) is 6.71. The molecule has 1 saturated heterocycles. The van der Waals surface area contributed by atoms with Crippen LogP contribution in [0.4, 0.5) is 0 Å². The fourth-order valence-corrected chi connectivity index (χ4v) is 4.48. The largest absolute Gasteiger partial charge is 0.394 e. The fraction of sp³-hybridized carbons (Fsp3) is 0.808. The van der Waals surface area contributed by atoms with Crippen LogP contribution < -0.4 is 10.6 Å². The van der Waals surface area contributed by atoms with E-state index in [-0.39, 0.29) is 54.2 Å². The van der Waals surface area contributed by atoms with E-state index in [4.69, 9.17) is 5.11 Å². The molecule has 0 radical (unpaired) electrons. The van der Waals surface area contributed by atoms with Crippen LogP contribution in [0.2, 0.25) is 0 Å². The third-order valence-corrected chi connectivity index (χ3v) is 6.71. The second kappa shape index (κ2) is 14.6. The molecule has 1 aliphatic rings. The van der Waals surface area contributed by atoms with Crippen molar-refractivity contribution in [1.82, 2.24) is 20.4 Å². The molecule has 0 bridgehead atoms. The minimum atomic E-state index is -1.02. The first-order chi connectivity index (χ1) is 16.3. The fourth-order valence-electron chi connectivity index (χ4n) is 4.48. The predicted molar refractivity (Wildman–Crippen MR) is 138 cm³/mol. The number of piperidine rings is 1. The molecule has 0 spiro atoms. The minimum absolute atomic E-state index is 0.0213. The summed E-state index contributed by atoms with van der Waals surface area (Å²) in [6, 6.07) is -1.02. The zero-order chi connectivity index (χ0) is 26.9. The Hall–Kier alpha value is -1.97. The van der Waals surface area contributed by atoms with Crippen molar-refractivity contribution in [3.8, 4) is 0 Å². The van der Waals surface area contributed by atoms with Crippen molar-refractivity contribution < 1.29 is 24.6 Å². The maximum Gasteiger partial charge on any atom is 0.246 e. The van der Waals surface area contributed by atoms with E-state index in [1.165, 1.54) is 0 Å². The van der Waals surface area contributed by atoms with Crippen LogP contribution >= 0.6 is 0 Å². The minimum Gasteiger partial charge on any atom is -0.394 e. The van der Waals surface area contributed by atoms with Crippen molar-refractivity contribution in [2.45, 2.75) is 98.0 Å². The first-order valence-corrected chi connectivity index (χ1v) is 12.9. The summed E-state index contributed by atoms with van der Waals surface area (Å²) < 4.78 is 0. The van der Waals surface area contributed by atoms with Gasteiger partial charge < -0.3 is 25.7 Å². The molecular formula is C26H48N4O5. The monoisotopic (exact) mass is 496 g/mol. The van der Waals surface area contributed by atoms with E-state index < -0.39 is 18.8 Å². The van der Waals surface area contributed by atoms with Gasteiger partial charge in [0.2, 0.25) is 17.7 Å². The predicted octanol–water partition coefficient (Wildman–Crippen LogP) is 1.29. The van der Waals surface area contributed by atoms with Crippen molar-refractivity contribution in [3.63, 3.8) is 0 Å². The molecule has 3 amide bonds. The van der Waals surface area contributed by atoms with Crippen molar-refractivity contribution in [2.75, 3.05) is 26.7 Å². The van der Waals surface area contributed by atoms with E-state index in [0.29, 0.717) is 5.57 Å². The van der Waals surface area contributed by atoms with Gasteiger partial charge in [0.25, 0.3) is 0 Å². The van der Waals surface area contributed by atoms with Crippen LogP contribution in [-0.2, 0) is 14.4 Å². The molecule has 0 aromatic rings. The van der Waals surface area contributed by atoms with Gasteiger partial charge >= 0.3 is 0 Å². The Labute approximate surface area is 211 Å². The summed E-state index contributed by atoms with van der Waals surface area (Å²) in [4.78, 5) is 43.1. The molecule has 4 atom stereocenters. The molecule has 35 heavy (non-hydrogen) atoms. The number of carbonyl (C=O) groups excluding carboxylic acids is 3. The van der Waals surface area contributed by atoms with Gasteiger partial charge in [0.15, 0.2) is 0 Å². The van der Waals surface area contributed by atoms with E-state index in [1.54, 1.807) is 24.9 Å². The number of nitrogens with one attached hydrogen (secondary N) is 2. The molecule has 0 saturated carbocycles. The first kappa shape index (κ1) is 31.1. The van der Waals surface area contributed by atoms with Crippen LogP contribution in [0.15, 0.2) is 11.6 Å². The summed E-state index contributed by atoms with van der Waals surface area (Å²) in [6.45, 7) is 14.0. The molecule has 4 N–H and O–H groups in total. The normalized spacial score (nSPS) is 20.0. The number of amides is 3. The lowest BCUT2D eigenvalue weighted by Gasteiger charge is -2.39. The van der Waals surface area contributed by atoms with Gasteiger partial charge in [0, 0.05) is 25.2 Å². The third kappa shape index (κ3) is 9.20. The highest BCUT2D eigenvalue weighted by Crippen LogP contribution is 2.21. The summed E-state index contributed by atoms with van der Waals surface area (Å²) in [5.41, 5.74) is 0.411. The Morgan fingerprint density at radius 2 is 1.71 bits per heavy atom. The number of hydrogen-bond acceptors (Lipinski definition) is 6. The van der Waals surface area contributed by atoms with Crippen molar-refractivity contribution >= 4 is 17.7 Å². The summed E-state index contributed by atoms with van der Waals surface area (Å²) in [5.74, 6) is -0.754. The molecule has 1 fully saturated rings. The second-order valence-electron chi connectivity index (χ2n) is 10.7. The van der Waals surface area contributed by atoms with Crippen LogP contribution in [-0.4, -0.2) is 94.7 Å². The molecule has 0 aromatic heterocycles. The molecule has 1 aliphatic heterocycles. The van der Waals surface area contributed by atoms with E-state index in [9.17, 15) is 19.5 Å². The van der Waals surface area contributed by atoms with Crippen molar-refractivity contribution in [3.05, 3.63) is 11.6 Å². The summed E-state index contributed by atoms with van der Waals surface area (Å²) in [5, 5.41) is 24.0. The van der Waals surface area contributed by atoms with Crippen LogP contribution in [0.3, 0.4) is 0 Å².